The lowest BCUT2D eigenvalue weighted by molar-refractivity contribution is 0.301. The van der Waals surface area contributed by atoms with Crippen LogP contribution in [0.4, 0.5) is 4.39 Å². The fourth-order valence-corrected chi connectivity index (χ4v) is 3.60. The van der Waals surface area contributed by atoms with Crippen LogP contribution in [0.25, 0.3) is 0 Å². The molecule has 0 bridgehead atoms. The van der Waals surface area contributed by atoms with Gasteiger partial charge in [0.1, 0.15) is 16.8 Å². The van der Waals surface area contributed by atoms with E-state index in [-0.39, 0.29) is 11.3 Å². The molecule has 1 atom stereocenters. The summed E-state index contributed by atoms with van der Waals surface area (Å²) in [5, 5.41) is 7.88. The molecule has 0 N–H and O–H groups in total. The van der Waals surface area contributed by atoms with E-state index in [0.29, 0.717) is 10.4 Å². The molecule has 0 spiro atoms. The lowest BCUT2D eigenvalue weighted by atomic mass is 9.97. The maximum atomic E-state index is 14.0. The van der Waals surface area contributed by atoms with Gasteiger partial charge in [-0.1, -0.05) is 36.7 Å². The van der Waals surface area contributed by atoms with Crippen molar-refractivity contribution in [3.63, 3.8) is 0 Å². The predicted octanol–water partition coefficient (Wildman–Crippen LogP) is 3.65. The summed E-state index contributed by atoms with van der Waals surface area (Å²) in [5.74, 6) is -0.266. The third-order valence-corrected chi connectivity index (χ3v) is 5.99. The van der Waals surface area contributed by atoms with Gasteiger partial charge in [-0.15, -0.1) is 10.2 Å². The van der Waals surface area contributed by atoms with Crippen molar-refractivity contribution >= 4 is 26.0 Å². The SMILES string of the molecule is C[C@@H](c1nnc(C(C)(C)C)o1)N(C)S(=O)(=O)c1ccc(Br)cc1F. The summed E-state index contributed by atoms with van der Waals surface area (Å²) in [6, 6.07) is 3.06. The summed E-state index contributed by atoms with van der Waals surface area (Å²) in [5.41, 5.74) is -0.347. The summed E-state index contributed by atoms with van der Waals surface area (Å²) in [6.07, 6.45) is 0. The fraction of sp³-hybridized carbons (Fsp3) is 0.467. The Morgan fingerprint density at radius 1 is 1.29 bits per heavy atom. The molecular weight excluding hydrogens is 401 g/mol. The number of sulfonamides is 1. The van der Waals surface area contributed by atoms with Gasteiger partial charge in [-0.3, -0.25) is 0 Å². The lowest BCUT2D eigenvalue weighted by Crippen LogP contribution is -2.30. The molecule has 1 heterocycles. The smallest absolute Gasteiger partial charge is 0.246 e. The van der Waals surface area contributed by atoms with Gasteiger partial charge < -0.3 is 4.42 Å². The van der Waals surface area contributed by atoms with Gasteiger partial charge in [-0.25, -0.2) is 12.8 Å². The van der Waals surface area contributed by atoms with Gasteiger partial charge >= 0.3 is 0 Å². The Hall–Kier alpha value is -1.32. The molecule has 0 unspecified atom stereocenters. The van der Waals surface area contributed by atoms with Crippen LogP contribution in [-0.2, 0) is 15.4 Å². The Morgan fingerprint density at radius 3 is 2.42 bits per heavy atom. The van der Waals surface area contributed by atoms with Gasteiger partial charge in [0.05, 0.1) is 0 Å². The van der Waals surface area contributed by atoms with Crippen molar-refractivity contribution in [2.45, 2.75) is 44.0 Å². The number of nitrogens with zero attached hydrogens (tertiary/aromatic N) is 3. The van der Waals surface area contributed by atoms with Crippen molar-refractivity contribution in [1.29, 1.82) is 0 Å². The number of hydrogen-bond acceptors (Lipinski definition) is 5. The zero-order chi connectivity index (χ0) is 18.3. The van der Waals surface area contributed by atoms with Gasteiger partial charge in [0.2, 0.25) is 21.8 Å². The highest BCUT2D eigenvalue weighted by Gasteiger charge is 2.32. The molecular formula is C15H19BrFN3O3S. The first kappa shape index (κ1) is 19.0. The number of aromatic nitrogens is 2. The first-order chi connectivity index (χ1) is 10.9. The minimum atomic E-state index is -4.05. The maximum Gasteiger partial charge on any atom is 0.246 e. The molecule has 1 aromatic heterocycles. The van der Waals surface area contributed by atoms with Crippen LogP contribution >= 0.6 is 15.9 Å². The predicted molar refractivity (Wildman–Crippen MR) is 90.5 cm³/mol. The number of hydrogen-bond donors (Lipinski definition) is 0. The molecule has 0 saturated heterocycles. The first-order valence-corrected chi connectivity index (χ1v) is 9.45. The molecule has 0 saturated carbocycles. The molecule has 0 aliphatic rings. The van der Waals surface area contributed by atoms with Gasteiger partial charge in [0, 0.05) is 16.9 Å². The number of benzene rings is 1. The van der Waals surface area contributed by atoms with E-state index in [1.165, 1.54) is 19.2 Å². The van der Waals surface area contributed by atoms with Crippen molar-refractivity contribution in [3.05, 3.63) is 40.3 Å². The highest BCUT2D eigenvalue weighted by molar-refractivity contribution is 9.10. The Balaban J connectivity index is 2.35. The second kappa shape index (κ2) is 6.53. The molecule has 0 radical (unpaired) electrons. The van der Waals surface area contributed by atoms with E-state index >= 15 is 0 Å². The van der Waals surface area contributed by atoms with E-state index in [0.717, 1.165) is 10.4 Å². The van der Waals surface area contributed by atoms with Crippen molar-refractivity contribution in [3.8, 4) is 0 Å². The number of rotatable bonds is 4. The molecule has 2 aromatic rings. The van der Waals surface area contributed by atoms with Crippen LogP contribution in [0.1, 0.15) is 45.5 Å². The van der Waals surface area contributed by atoms with Crippen LogP contribution in [0.2, 0.25) is 0 Å². The van der Waals surface area contributed by atoms with Crippen molar-refractivity contribution in [1.82, 2.24) is 14.5 Å². The lowest BCUT2D eigenvalue weighted by Gasteiger charge is -2.22. The minimum Gasteiger partial charge on any atom is -0.423 e. The van der Waals surface area contributed by atoms with E-state index < -0.39 is 26.8 Å². The quantitative estimate of drug-likeness (QED) is 0.755. The van der Waals surface area contributed by atoms with E-state index in [2.05, 4.69) is 26.1 Å². The van der Waals surface area contributed by atoms with Crippen LogP contribution in [0.15, 0.2) is 32.0 Å². The molecule has 132 valence electrons. The second-order valence-electron chi connectivity index (χ2n) is 6.47. The summed E-state index contributed by atoms with van der Waals surface area (Å²) < 4.78 is 46.4. The van der Waals surface area contributed by atoms with Crippen LogP contribution < -0.4 is 0 Å². The molecule has 6 nitrogen and oxygen atoms in total. The fourth-order valence-electron chi connectivity index (χ4n) is 1.91. The summed E-state index contributed by atoms with van der Waals surface area (Å²) in [4.78, 5) is -0.407. The minimum absolute atomic E-state index is 0.156. The van der Waals surface area contributed by atoms with E-state index in [1.807, 2.05) is 20.8 Å². The van der Waals surface area contributed by atoms with Crippen LogP contribution in [0.3, 0.4) is 0 Å². The van der Waals surface area contributed by atoms with Crippen LogP contribution in [-0.4, -0.2) is 30.0 Å². The Kier molecular flexibility index (Phi) is 5.17. The van der Waals surface area contributed by atoms with Gasteiger partial charge in [0.15, 0.2) is 0 Å². The summed E-state index contributed by atoms with van der Waals surface area (Å²) >= 11 is 3.11. The molecule has 24 heavy (non-hydrogen) atoms. The molecule has 9 heteroatoms. The topological polar surface area (TPSA) is 76.3 Å². The molecule has 0 fully saturated rings. The monoisotopic (exact) mass is 419 g/mol. The normalized spacial score (nSPS) is 14.2. The standard InChI is InChI=1S/C15H19BrFN3O3S/c1-9(13-18-19-14(23-13)15(2,3)4)20(5)24(21,22)12-7-6-10(16)8-11(12)17/h6-9H,1-5H3/t9-/m0/s1. The van der Waals surface area contributed by atoms with E-state index in [9.17, 15) is 12.8 Å². The number of halogens is 2. The van der Waals surface area contributed by atoms with Crippen LogP contribution in [0.5, 0.6) is 0 Å². The summed E-state index contributed by atoms with van der Waals surface area (Å²) in [6.45, 7) is 7.33. The van der Waals surface area contributed by atoms with Gasteiger partial charge in [-0.05, 0) is 25.1 Å². The van der Waals surface area contributed by atoms with Gasteiger partial charge in [-0.2, -0.15) is 4.31 Å². The molecule has 1 aromatic carbocycles. The van der Waals surface area contributed by atoms with Crippen molar-refractivity contribution < 1.29 is 17.2 Å². The highest BCUT2D eigenvalue weighted by Crippen LogP contribution is 2.29. The third kappa shape index (κ3) is 3.68. The Bertz CT molecular complexity index is 846. The molecule has 0 aliphatic carbocycles. The zero-order valence-corrected chi connectivity index (χ0v) is 16.4. The molecule has 2 rings (SSSR count). The van der Waals surface area contributed by atoms with E-state index in [4.69, 9.17) is 4.42 Å². The Labute approximate surface area is 149 Å². The second-order valence-corrected chi connectivity index (χ2v) is 9.35. The summed E-state index contributed by atoms with van der Waals surface area (Å²) in [7, 11) is -2.70. The first-order valence-electron chi connectivity index (χ1n) is 7.21. The highest BCUT2D eigenvalue weighted by atomic mass is 79.9. The largest absolute Gasteiger partial charge is 0.423 e. The van der Waals surface area contributed by atoms with Crippen LogP contribution in [0, 0.1) is 5.82 Å². The van der Waals surface area contributed by atoms with Gasteiger partial charge in [0.25, 0.3) is 0 Å². The van der Waals surface area contributed by atoms with Crippen molar-refractivity contribution in [2.75, 3.05) is 7.05 Å². The van der Waals surface area contributed by atoms with E-state index in [1.54, 1.807) is 6.92 Å². The Morgan fingerprint density at radius 2 is 1.92 bits per heavy atom. The molecule has 0 aliphatic heterocycles. The molecule has 0 amide bonds. The zero-order valence-electron chi connectivity index (χ0n) is 14.0. The maximum absolute atomic E-state index is 14.0. The average molecular weight is 420 g/mol. The average Bonchev–Trinajstić information content (AvgIpc) is 2.95. The third-order valence-electron chi connectivity index (χ3n) is 3.54. The van der Waals surface area contributed by atoms with Crippen molar-refractivity contribution in [2.24, 2.45) is 0 Å².